The Balaban J connectivity index is 2.04. The first-order valence-corrected chi connectivity index (χ1v) is 8.63. The average molecular weight is 375 g/mol. The SMILES string of the molecule is CC(C)(C)N(Cc1ccccc1)C(=O)COC(=O)c1ccc(Cl)c(N)c1. The molecule has 0 saturated carbocycles. The molecule has 0 unspecified atom stereocenters. The van der Waals surface area contributed by atoms with Gasteiger partial charge in [-0.25, -0.2) is 4.79 Å². The van der Waals surface area contributed by atoms with Crippen LogP contribution in [0, 0.1) is 0 Å². The lowest BCUT2D eigenvalue weighted by molar-refractivity contribution is -0.140. The quantitative estimate of drug-likeness (QED) is 0.636. The number of benzene rings is 2. The fraction of sp³-hybridized carbons (Fsp3) is 0.300. The minimum absolute atomic E-state index is 0.255. The van der Waals surface area contributed by atoms with Gasteiger partial charge in [-0.15, -0.1) is 0 Å². The van der Waals surface area contributed by atoms with Crippen LogP contribution in [0.25, 0.3) is 0 Å². The Hall–Kier alpha value is -2.53. The van der Waals surface area contributed by atoms with E-state index in [2.05, 4.69) is 0 Å². The molecule has 0 saturated heterocycles. The minimum Gasteiger partial charge on any atom is -0.452 e. The van der Waals surface area contributed by atoms with Crippen LogP contribution in [-0.2, 0) is 16.1 Å². The Morgan fingerprint density at radius 1 is 1.12 bits per heavy atom. The summed E-state index contributed by atoms with van der Waals surface area (Å²) in [6, 6.07) is 14.1. The van der Waals surface area contributed by atoms with Gasteiger partial charge in [0, 0.05) is 12.1 Å². The zero-order chi connectivity index (χ0) is 19.3. The van der Waals surface area contributed by atoms with Crippen LogP contribution >= 0.6 is 11.6 Å². The second kappa shape index (κ2) is 8.23. The minimum atomic E-state index is -0.615. The molecule has 2 aromatic carbocycles. The second-order valence-electron chi connectivity index (χ2n) is 6.95. The molecule has 2 rings (SSSR count). The summed E-state index contributed by atoms with van der Waals surface area (Å²) in [6.45, 7) is 5.92. The molecule has 1 amide bonds. The lowest BCUT2D eigenvalue weighted by Crippen LogP contribution is -2.46. The van der Waals surface area contributed by atoms with E-state index in [0.717, 1.165) is 5.56 Å². The van der Waals surface area contributed by atoms with Gasteiger partial charge >= 0.3 is 5.97 Å². The van der Waals surface area contributed by atoms with Crippen LogP contribution < -0.4 is 5.73 Å². The van der Waals surface area contributed by atoms with Crippen molar-refractivity contribution in [2.24, 2.45) is 0 Å². The van der Waals surface area contributed by atoms with Crippen LogP contribution in [0.5, 0.6) is 0 Å². The summed E-state index contributed by atoms with van der Waals surface area (Å²) in [5, 5.41) is 0.361. The van der Waals surface area contributed by atoms with Crippen molar-refractivity contribution in [2.75, 3.05) is 12.3 Å². The van der Waals surface area contributed by atoms with Crippen molar-refractivity contribution in [3.63, 3.8) is 0 Å². The number of anilines is 1. The van der Waals surface area contributed by atoms with Crippen molar-refractivity contribution in [1.82, 2.24) is 4.90 Å². The van der Waals surface area contributed by atoms with Crippen LogP contribution in [0.2, 0.25) is 5.02 Å². The lowest BCUT2D eigenvalue weighted by atomic mass is 10.0. The van der Waals surface area contributed by atoms with Gasteiger partial charge in [-0.1, -0.05) is 41.9 Å². The zero-order valence-corrected chi connectivity index (χ0v) is 15.9. The van der Waals surface area contributed by atoms with Crippen LogP contribution in [0.4, 0.5) is 5.69 Å². The fourth-order valence-electron chi connectivity index (χ4n) is 2.42. The highest BCUT2D eigenvalue weighted by molar-refractivity contribution is 6.33. The number of amides is 1. The standard InChI is InChI=1S/C20H23ClN2O3/c1-20(2,3)23(12-14-7-5-4-6-8-14)18(24)13-26-19(25)15-9-10-16(21)17(22)11-15/h4-11H,12-13,22H2,1-3H3. The molecule has 0 heterocycles. The molecule has 6 heteroatoms. The second-order valence-corrected chi connectivity index (χ2v) is 7.36. The summed E-state index contributed by atoms with van der Waals surface area (Å²) in [7, 11) is 0. The van der Waals surface area contributed by atoms with Crippen molar-refractivity contribution < 1.29 is 14.3 Å². The van der Waals surface area contributed by atoms with Crippen LogP contribution in [0.1, 0.15) is 36.7 Å². The van der Waals surface area contributed by atoms with E-state index in [1.807, 2.05) is 51.1 Å². The van der Waals surface area contributed by atoms with Crippen molar-refractivity contribution >= 4 is 29.2 Å². The van der Waals surface area contributed by atoms with Gasteiger partial charge in [-0.2, -0.15) is 0 Å². The van der Waals surface area contributed by atoms with E-state index >= 15 is 0 Å². The molecular weight excluding hydrogens is 352 g/mol. The molecule has 0 atom stereocenters. The number of carbonyl (C=O) groups is 2. The van der Waals surface area contributed by atoms with Crippen molar-refractivity contribution in [3.05, 3.63) is 64.7 Å². The van der Waals surface area contributed by atoms with Gasteiger partial charge in [0.2, 0.25) is 0 Å². The summed E-state index contributed by atoms with van der Waals surface area (Å²) in [4.78, 5) is 26.5. The summed E-state index contributed by atoms with van der Waals surface area (Å²) >= 11 is 5.84. The van der Waals surface area contributed by atoms with Gasteiger partial charge in [0.1, 0.15) is 0 Å². The number of carbonyl (C=O) groups excluding carboxylic acids is 2. The molecule has 2 aromatic rings. The molecule has 138 valence electrons. The van der Waals surface area contributed by atoms with E-state index in [1.54, 1.807) is 4.90 Å². The number of hydrogen-bond donors (Lipinski definition) is 1. The maximum atomic E-state index is 12.7. The molecule has 0 aliphatic heterocycles. The van der Waals surface area contributed by atoms with E-state index in [0.29, 0.717) is 11.6 Å². The molecular formula is C20H23ClN2O3. The van der Waals surface area contributed by atoms with Gasteiger partial charge in [0.25, 0.3) is 5.91 Å². The smallest absolute Gasteiger partial charge is 0.338 e. The predicted octanol–water partition coefficient (Wildman–Crippen LogP) is 3.91. The Kier molecular flexibility index (Phi) is 6.27. The van der Waals surface area contributed by atoms with E-state index < -0.39 is 11.5 Å². The van der Waals surface area contributed by atoms with Crippen LogP contribution in [0.3, 0.4) is 0 Å². The number of esters is 1. The number of nitrogens with two attached hydrogens (primary N) is 1. The number of nitrogens with zero attached hydrogens (tertiary/aromatic N) is 1. The highest BCUT2D eigenvalue weighted by Gasteiger charge is 2.27. The van der Waals surface area contributed by atoms with E-state index in [1.165, 1.54) is 18.2 Å². The first-order chi connectivity index (χ1) is 12.2. The van der Waals surface area contributed by atoms with E-state index in [9.17, 15) is 9.59 Å². The number of hydrogen-bond acceptors (Lipinski definition) is 4. The maximum Gasteiger partial charge on any atom is 0.338 e. The molecule has 0 fully saturated rings. The van der Waals surface area contributed by atoms with Crippen LogP contribution in [-0.4, -0.2) is 28.9 Å². The first kappa shape index (κ1) is 19.8. The third kappa shape index (κ3) is 5.23. The third-order valence-electron chi connectivity index (χ3n) is 3.85. The van der Waals surface area contributed by atoms with E-state index in [-0.39, 0.29) is 23.8 Å². The Bertz CT molecular complexity index is 785. The highest BCUT2D eigenvalue weighted by Crippen LogP contribution is 2.21. The normalized spacial score (nSPS) is 11.1. The molecule has 0 spiro atoms. The molecule has 0 aliphatic rings. The predicted molar refractivity (Wildman–Crippen MR) is 103 cm³/mol. The highest BCUT2D eigenvalue weighted by atomic mass is 35.5. The summed E-state index contributed by atoms with van der Waals surface area (Å²) < 4.78 is 5.17. The fourth-order valence-corrected chi connectivity index (χ4v) is 2.54. The molecule has 0 aromatic heterocycles. The summed E-state index contributed by atoms with van der Waals surface area (Å²) in [5.41, 5.74) is 6.82. The topological polar surface area (TPSA) is 72.6 Å². The number of ether oxygens (including phenoxy) is 1. The third-order valence-corrected chi connectivity index (χ3v) is 4.20. The monoisotopic (exact) mass is 374 g/mol. The Morgan fingerprint density at radius 3 is 2.35 bits per heavy atom. The van der Waals surface area contributed by atoms with Crippen molar-refractivity contribution in [3.8, 4) is 0 Å². The molecule has 0 radical (unpaired) electrons. The van der Waals surface area contributed by atoms with Crippen molar-refractivity contribution in [2.45, 2.75) is 32.9 Å². The van der Waals surface area contributed by atoms with E-state index in [4.69, 9.17) is 22.1 Å². The van der Waals surface area contributed by atoms with Gasteiger partial charge in [0.05, 0.1) is 16.3 Å². The van der Waals surface area contributed by atoms with Crippen LogP contribution in [0.15, 0.2) is 48.5 Å². The van der Waals surface area contributed by atoms with Gasteiger partial charge in [-0.3, -0.25) is 4.79 Å². The van der Waals surface area contributed by atoms with Gasteiger partial charge < -0.3 is 15.4 Å². The van der Waals surface area contributed by atoms with Crippen molar-refractivity contribution in [1.29, 1.82) is 0 Å². The number of halogens is 1. The molecule has 5 nitrogen and oxygen atoms in total. The number of nitrogen functional groups attached to an aromatic ring is 1. The van der Waals surface area contributed by atoms with Gasteiger partial charge in [-0.05, 0) is 44.5 Å². The maximum absolute atomic E-state index is 12.7. The zero-order valence-electron chi connectivity index (χ0n) is 15.2. The molecule has 26 heavy (non-hydrogen) atoms. The Labute approximate surface area is 158 Å². The lowest BCUT2D eigenvalue weighted by Gasteiger charge is -2.35. The van der Waals surface area contributed by atoms with Gasteiger partial charge in [0.15, 0.2) is 6.61 Å². The summed E-state index contributed by atoms with van der Waals surface area (Å²) in [6.07, 6.45) is 0. The largest absolute Gasteiger partial charge is 0.452 e. The Morgan fingerprint density at radius 2 is 1.77 bits per heavy atom. The first-order valence-electron chi connectivity index (χ1n) is 8.25. The summed E-state index contributed by atoms with van der Waals surface area (Å²) in [5.74, 6) is -0.882. The molecule has 2 N–H and O–H groups in total. The average Bonchev–Trinajstić information content (AvgIpc) is 2.59. The molecule has 0 bridgehead atoms. The molecule has 0 aliphatic carbocycles. The number of rotatable bonds is 5.